The second-order valence-corrected chi connectivity index (χ2v) is 6.14. The number of carbonyl (C=O) groups excluding carboxylic acids is 1. The van der Waals surface area contributed by atoms with E-state index in [9.17, 15) is 4.79 Å². The maximum atomic E-state index is 12.4. The number of hydrogen-bond donors (Lipinski definition) is 1. The first-order chi connectivity index (χ1) is 9.13. The molecule has 2 aliphatic rings. The molecule has 19 heavy (non-hydrogen) atoms. The van der Waals surface area contributed by atoms with E-state index in [-0.39, 0.29) is 12.2 Å². The average Bonchev–Trinajstić information content (AvgIpc) is 2.66. The van der Waals surface area contributed by atoms with Gasteiger partial charge in [-0.25, -0.2) is 0 Å². The summed E-state index contributed by atoms with van der Waals surface area (Å²) in [5.41, 5.74) is 0. The van der Waals surface area contributed by atoms with Crippen molar-refractivity contribution in [1.29, 1.82) is 0 Å². The molecule has 0 spiro atoms. The van der Waals surface area contributed by atoms with E-state index in [1.54, 1.807) is 0 Å². The van der Waals surface area contributed by atoms with E-state index in [1.807, 2.05) is 0 Å². The molecule has 2 saturated heterocycles. The van der Waals surface area contributed by atoms with E-state index >= 15 is 0 Å². The van der Waals surface area contributed by atoms with Gasteiger partial charge < -0.3 is 9.80 Å². The summed E-state index contributed by atoms with van der Waals surface area (Å²) in [6.07, 6.45) is 6.19. The number of hydrogen-bond acceptors (Lipinski definition) is 3. The Balaban J connectivity index is 1.90. The van der Waals surface area contributed by atoms with Gasteiger partial charge in [0.2, 0.25) is 5.91 Å². The van der Waals surface area contributed by atoms with Gasteiger partial charge in [-0.1, -0.05) is 19.8 Å². The van der Waals surface area contributed by atoms with Crippen LogP contribution in [0.5, 0.6) is 0 Å². The molecule has 110 valence electrons. The minimum absolute atomic E-state index is 0.0452. The Morgan fingerprint density at radius 3 is 2.63 bits per heavy atom. The Morgan fingerprint density at radius 2 is 2.00 bits per heavy atom. The molecule has 0 aromatic heterocycles. The van der Waals surface area contributed by atoms with Crippen LogP contribution in [0.1, 0.15) is 52.9 Å². The number of amides is 1. The van der Waals surface area contributed by atoms with Crippen molar-refractivity contribution in [2.24, 2.45) is 0 Å². The lowest BCUT2D eigenvalue weighted by atomic mass is 10.1. The van der Waals surface area contributed by atoms with Crippen molar-refractivity contribution in [3.63, 3.8) is 0 Å². The molecule has 1 N–H and O–H groups in total. The normalized spacial score (nSPS) is 30.9. The molecular formula is C15H29N3O. The molecule has 2 fully saturated rings. The number of carbonyl (C=O) groups is 1. The summed E-state index contributed by atoms with van der Waals surface area (Å²) in [6.45, 7) is 9.87. The summed E-state index contributed by atoms with van der Waals surface area (Å²) in [4.78, 5) is 17.0. The van der Waals surface area contributed by atoms with E-state index in [1.165, 1.54) is 32.4 Å². The summed E-state index contributed by atoms with van der Waals surface area (Å²) in [5.74, 6) is 0.304. The molecule has 3 unspecified atom stereocenters. The molecule has 0 aromatic rings. The summed E-state index contributed by atoms with van der Waals surface area (Å²) in [6, 6.07) is 0.360. The number of likely N-dealkylation sites (tertiary alicyclic amines) is 1. The van der Waals surface area contributed by atoms with Crippen LogP contribution >= 0.6 is 0 Å². The van der Waals surface area contributed by atoms with Gasteiger partial charge in [0.25, 0.3) is 0 Å². The summed E-state index contributed by atoms with van der Waals surface area (Å²) in [7, 11) is 0. The number of rotatable bonds is 5. The molecule has 0 aliphatic carbocycles. The number of piperidine rings is 1. The van der Waals surface area contributed by atoms with Gasteiger partial charge >= 0.3 is 0 Å². The van der Waals surface area contributed by atoms with Crippen LogP contribution in [0.4, 0.5) is 0 Å². The predicted molar refractivity (Wildman–Crippen MR) is 77.9 cm³/mol. The van der Waals surface area contributed by atoms with Crippen LogP contribution in [0.2, 0.25) is 0 Å². The van der Waals surface area contributed by atoms with Crippen LogP contribution in [0.25, 0.3) is 0 Å². The van der Waals surface area contributed by atoms with E-state index in [4.69, 9.17) is 0 Å². The molecule has 4 heteroatoms. The van der Waals surface area contributed by atoms with Crippen molar-refractivity contribution in [1.82, 2.24) is 15.1 Å². The van der Waals surface area contributed by atoms with Gasteiger partial charge in [0, 0.05) is 12.6 Å². The Hall–Kier alpha value is -0.610. The molecule has 4 nitrogen and oxygen atoms in total. The first kappa shape index (κ1) is 14.8. The molecule has 3 atom stereocenters. The monoisotopic (exact) mass is 267 g/mol. The highest BCUT2D eigenvalue weighted by molar-refractivity contribution is 5.84. The minimum atomic E-state index is 0.0452. The Labute approximate surface area is 117 Å². The smallest absolute Gasteiger partial charge is 0.241 e. The summed E-state index contributed by atoms with van der Waals surface area (Å²) >= 11 is 0. The van der Waals surface area contributed by atoms with Crippen molar-refractivity contribution in [3.05, 3.63) is 0 Å². The highest BCUT2D eigenvalue weighted by Gasteiger charge is 2.38. The molecule has 0 radical (unpaired) electrons. The zero-order valence-electron chi connectivity index (χ0n) is 12.7. The highest BCUT2D eigenvalue weighted by Crippen LogP contribution is 2.19. The fourth-order valence-electron chi connectivity index (χ4n) is 3.51. The fourth-order valence-corrected chi connectivity index (χ4v) is 3.51. The highest BCUT2D eigenvalue weighted by atomic mass is 16.2. The van der Waals surface area contributed by atoms with Crippen LogP contribution in [0.15, 0.2) is 0 Å². The van der Waals surface area contributed by atoms with Crippen LogP contribution in [-0.4, -0.2) is 53.6 Å². The van der Waals surface area contributed by atoms with Crippen molar-refractivity contribution < 1.29 is 4.79 Å². The van der Waals surface area contributed by atoms with Crippen LogP contribution in [-0.2, 0) is 4.79 Å². The molecule has 0 bridgehead atoms. The molecule has 1 amide bonds. The van der Waals surface area contributed by atoms with Crippen molar-refractivity contribution in [2.75, 3.05) is 19.6 Å². The maximum Gasteiger partial charge on any atom is 0.241 e. The lowest BCUT2D eigenvalue weighted by Gasteiger charge is -2.34. The zero-order chi connectivity index (χ0) is 13.8. The standard InChI is InChI=1S/C15H29N3O/c1-4-8-14-15(19)18(13(3)16-14)12(2)11-17-9-6-5-7-10-17/h12-14,16H,4-11H2,1-3H3. The van der Waals surface area contributed by atoms with Gasteiger partial charge in [0.1, 0.15) is 0 Å². The van der Waals surface area contributed by atoms with Gasteiger partial charge in [-0.05, 0) is 46.2 Å². The molecule has 0 aromatic carbocycles. The first-order valence-corrected chi connectivity index (χ1v) is 7.94. The minimum Gasteiger partial charge on any atom is -0.322 e. The van der Waals surface area contributed by atoms with Crippen LogP contribution in [0, 0.1) is 0 Å². The van der Waals surface area contributed by atoms with Crippen molar-refractivity contribution in [3.8, 4) is 0 Å². The predicted octanol–water partition coefficient (Wildman–Crippen LogP) is 1.81. The largest absolute Gasteiger partial charge is 0.322 e. The Bertz CT molecular complexity index is 302. The lowest BCUT2D eigenvalue weighted by molar-refractivity contribution is -0.132. The topological polar surface area (TPSA) is 35.6 Å². The molecular weight excluding hydrogens is 238 g/mol. The van der Waals surface area contributed by atoms with Gasteiger partial charge in [0.05, 0.1) is 12.2 Å². The third-order valence-corrected chi connectivity index (χ3v) is 4.44. The number of nitrogens with one attached hydrogen (secondary N) is 1. The summed E-state index contributed by atoms with van der Waals surface area (Å²) < 4.78 is 0. The average molecular weight is 267 g/mol. The van der Waals surface area contributed by atoms with Gasteiger partial charge in [-0.2, -0.15) is 0 Å². The van der Waals surface area contributed by atoms with Gasteiger partial charge in [-0.3, -0.25) is 10.1 Å². The molecule has 2 rings (SSSR count). The number of nitrogens with zero attached hydrogens (tertiary/aromatic N) is 2. The third kappa shape index (κ3) is 3.48. The third-order valence-electron chi connectivity index (χ3n) is 4.44. The van der Waals surface area contributed by atoms with E-state index in [0.29, 0.717) is 11.9 Å². The summed E-state index contributed by atoms with van der Waals surface area (Å²) in [5, 5.41) is 3.43. The second-order valence-electron chi connectivity index (χ2n) is 6.14. The molecule has 2 aliphatic heterocycles. The SMILES string of the molecule is CCCC1NC(C)N(C(C)CN2CCCCC2)C1=O. The Morgan fingerprint density at radius 1 is 1.32 bits per heavy atom. The van der Waals surface area contributed by atoms with E-state index in [0.717, 1.165) is 19.4 Å². The second kappa shape index (κ2) is 6.71. The van der Waals surface area contributed by atoms with Crippen molar-refractivity contribution >= 4 is 5.91 Å². The zero-order valence-corrected chi connectivity index (χ0v) is 12.7. The van der Waals surface area contributed by atoms with Crippen molar-refractivity contribution in [2.45, 2.75) is 71.1 Å². The van der Waals surface area contributed by atoms with E-state index < -0.39 is 0 Å². The van der Waals surface area contributed by atoms with Gasteiger partial charge in [0.15, 0.2) is 0 Å². The van der Waals surface area contributed by atoms with E-state index in [2.05, 4.69) is 35.9 Å². The maximum absolute atomic E-state index is 12.4. The van der Waals surface area contributed by atoms with Gasteiger partial charge in [-0.15, -0.1) is 0 Å². The lowest BCUT2D eigenvalue weighted by Crippen LogP contribution is -2.48. The van der Waals surface area contributed by atoms with Crippen LogP contribution < -0.4 is 5.32 Å². The molecule has 2 heterocycles. The Kier molecular flexibility index (Phi) is 5.22. The molecule has 0 saturated carbocycles. The first-order valence-electron chi connectivity index (χ1n) is 7.94. The quantitative estimate of drug-likeness (QED) is 0.825. The van der Waals surface area contributed by atoms with Crippen LogP contribution in [0.3, 0.4) is 0 Å². The fraction of sp³-hybridized carbons (Fsp3) is 0.933.